The fourth-order valence-corrected chi connectivity index (χ4v) is 2.16. The zero-order valence-corrected chi connectivity index (χ0v) is 9.49. The van der Waals surface area contributed by atoms with Crippen molar-refractivity contribution in [1.82, 2.24) is 20.7 Å². The van der Waals surface area contributed by atoms with Crippen LogP contribution in [0.25, 0.3) is 0 Å². The Hall–Kier alpha value is -1.43. The molecule has 88 valence electrons. The molecule has 0 radical (unpaired) electrons. The maximum Gasteiger partial charge on any atom is 0.360 e. The molecule has 2 unspecified atom stereocenters. The van der Waals surface area contributed by atoms with Crippen molar-refractivity contribution in [2.24, 2.45) is 5.92 Å². The lowest BCUT2D eigenvalue weighted by molar-refractivity contribution is 0.0591. The molecular formula is C10H16N4O2. The van der Waals surface area contributed by atoms with Gasteiger partial charge in [0.05, 0.1) is 7.11 Å². The van der Waals surface area contributed by atoms with Crippen LogP contribution in [0.4, 0.5) is 0 Å². The number of piperidine rings is 1. The first-order chi connectivity index (χ1) is 7.74. The van der Waals surface area contributed by atoms with E-state index >= 15 is 0 Å². The molecule has 0 saturated carbocycles. The van der Waals surface area contributed by atoms with Crippen molar-refractivity contribution in [2.45, 2.75) is 19.3 Å². The van der Waals surface area contributed by atoms with Crippen LogP contribution in [0.3, 0.4) is 0 Å². The van der Waals surface area contributed by atoms with Crippen molar-refractivity contribution in [3.05, 3.63) is 11.4 Å². The molecule has 0 amide bonds. The van der Waals surface area contributed by atoms with Crippen LogP contribution in [0.2, 0.25) is 0 Å². The maximum atomic E-state index is 11.5. The molecule has 2 N–H and O–H groups in total. The molecule has 0 bridgehead atoms. The van der Waals surface area contributed by atoms with E-state index in [0.717, 1.165) is 25.2 Å². The summed E-state index contributed by atoms with van der Waals surface area (Å²) >= 11 is 0. The van der Waals surface area contributed by atoms with Gasteiger partial charge in [0.15, 0.2) is 5.69 Å². The highest BCUT2D eigenvalue weighted by atomic mass is 16.5. The standard InChI is InChI=1S/C10H16N4O2/c1-6-5-11-4-3-7(6)8-9(10(15)16-2)13-14-12-8/h6-7,11H,3-5H2,1-2H3,(H,12,13,14). The number of esters is 1. The molecule has 0 spiro atoms. The molecule has 6 nitrogen and oxygen atoms in total. The molecule has 1 aliphatic heterocycles. The molecule has 1 aliphatic rings. The van der Waals surface area contributed by atoms with Crippen molar-refractivity contribution in [1.29, 1.82) is 0 Å². The molecule has 1 aromatic rings. The van der Waals surface area contributed by atoms with Crippen LogP contribution < -0.4 is 5.32 Å². The van der Waals surface area contributed by atoms with Crippen LogP contribution in [0.15, 0.2) is 0 Å². The number of carbonyl (C=O) groups excluding carboxylic acids is 1. The van der Waals surface area contributed by atoms with Gasteiger partial charge in [0, 0.05) is 5.92 Å². The van der Waals surface area contributed by atoms with Crippen molar-refractivity contribution >= 4 is 5.97 Å². The van der Waals surface area contributed by atoms with Crippen molar-refractivity contribution in [2.75, 3.05) is 20.2 Å². The molecule has 2 heterocycles. The summed E-state index contributed by atoms with van der Waals surface area (Å²) in [7, 11) is 1.35. The van der Waals surface area contributed by atoms with Crippen LogP contribution >= 0.6 is 0 Å². The molecule has 2 rings (SSSR count). The smallest absolute Gasteiger partial charge is 0.360 e. The van der Waals surface area contributed by atoms with Gasteiger partial charge in [-0.05, 0) is 25.4 Å². The number of carbonyl (C=O) groups is 1. The Labute approximate surface area is 93.8 Å². The Balaban J connectivity index is 2.25. The summed E-state index contributed by atoms with van der Waals surface area (Å²) in [4.78, 5) is 11.5. The number of nitrogens with zero attached hydrogens (tertiary/aromatic N) is 2. The van der Waals surface area contributed by atoms with Gasteiger partial charge < -0.3 is 10.1 Å². The third kappa shape index (κ3) is 1.92. The summed E-state index contributed by atoms with van der Waals surface area (Å²) in [6.45, 7) is 4.03. The third-order valence-corrected chi connectivity index (χ3v) is 3.09. The quantitative estimate of drug-likeness (QED) is 0.706. The van der Waals surface area contributed by atoms with E-state index in [2.05, 4.69) is 32.4 Å². The molecule has 1 saturated heterocycles. The minimum atomic E-state index is -0.422. The van der Waals surface area contributed by atoms with Gasteiger partial charge in [-0.15, -0.1) is 5.10 Å². The molecule has 0 aliphatic carbocycles. The molecule has 0 aromatic carbocycles. The predicted octanol–water partition coefficient (Wildman–Crippen LogP) is 0.304. The predicted molar refractivity (Wildman–Crippen MR) is 57.1 cm³/mol. The molecule has 16 heavy (non-hydrogen) atoms. The Bertz CT molecular complexity index is 377. The van der Waals surface area contributed by atoms with Gasteiger partial charge in [0.25, 0.3) is 0 Å². The van der Waals surface area contributed by atoms with Crippen molar-refractivity contribution < 1.29 is 9.53 Å². The first-order valence-electron chi connectivity index (χ1n) is 5.43. The highest BCUT2D eigenvalue weighted by Crippen LogP contribution is 2.30. The Morgan fingerprint density at radius 2 is 2.31 bits per heavy atom. The molecule has 1 fully saturated rings. The summed E-state index contributed by atoms with van der Waals surface area (Å²) in [5.74, 6) is 0.297. The van der Waals surface area contributed by atoms with Crippen LogP contribution in [0.5, 0.6) is 0 Å². The molecule has 2 atom stereocenters. The first kappa shape index (κ1) is 11.1. The fraction of sp³-hybridized carbons (Fsp3) is 0.700. The minimum absolute atomic E-state index is 0.272. The number of hydrogen-bond acceptors (Lipinski definition) is 5. The van der Waals surface area contributed by atoms with Gasteiger partial charge in [0.1, 0.15) is 5.69 Å². The van der Waals surface area contributed by atoms with Crippen LogP contribution in [-0.4, -0.2) is 41.6 Å². The van der Waals surface area contributed by atoms with E-state index in [1.807, 2.05) is 0 Å². The van der Waals surface area contributed by atoms with E-state index in [1.165, 1.54) is 7.11 Å². The topological polar surface area (TPSA) is 79.9 Å². The lowest BCUT2D eigenvalue weighted by atomic mass is 9.84. The minimum Gasteiger partial charge on any atom is -0.464 e. The summed E-state index contributed by atoms with van der Waals surface area (Å²) in [6, 6.07) is 0. The van der Waals surface area contributed by atoms with Crippen LogP contribution in [0, 0.1) is 5.92 Å². The highest BCUT2D eigenvalue weighted by Gasteiger charge is 2.30. The molecule has 1 aromatic heterocycles. The summed E-state index contributed by atoms with van der Waals surface area (Å²) in [6.07, 6.45) is 0.970. The third-order valence-electron chi connectivity index (χ3n) is 3.09. The van der Waals surface area contributed by atoms with E-state index in [1.54, 1.807) is 0 Å². The second kappa shape index (κ2) is 4.61. The number of ether oxygens (including phenoxy) is 1. The van der Waals surface area contributed by atoms with Gasteiger partial charge in [0.2, 0.25) is 0 Å². The highest BCUT2D eigenvalue weighted by molar-refractivity contribution is 5.88. The van der Waals surface area contributed by atoms with Gasteiger partial charge in [-0.1, -0.05) is 6.92 Å². The number of H-pyrrole nitrogens is 1. The Morgan fingerprint density at radius 1 is 1.50 bits per heavy atom. The van der Waals surface area contributed by atoms with E-state index < -0.39 is 5.97 Å². The number of nitrogens with one attached hydrogen (secondary N) is 2. The SMILES string of the molecule is COC(=O)c1n[nH]nc1C1CCNCC1C. The van der Waals surface area contributed by atoms with Crippen LogP contribution in [-0.2, 0) is 4.74 Å². The maximum absolute atomic E-state index is 11.5. The van der Waals surface area contributed by atoms with Gasteiger partial charge in [-0.3, -0.25) is 0 Å². The normalized spacial score (nSPS) is 25.4. The van der Waals surface area contributed by atoms with Gasteiger partial charge >= 0.3 is 5.97 Å². The van der Waals surface area contributed by atoms with E-state index in [-0.39, 0.29) is 5.92 Å². The second-order valence-corrected chi connectivity index (χ2v) is 4.13. The Morgan fingerprint density at radius 3 is 3.00 bits per heavy atom. The summed E-state index contributed by atoms with van der Waals surface area (Å²) in [5.41, 5.74) is 1.06. The Kier molecular flexibility index (Phi) is 3.19. The van der Waals surface area contributed by atoms with Gasteiger partial charge in [-0.2, -0.15) is 10.3 Å². The number of aromatic amines is 1. The number of aromatic nitrogens is 3. The fourth-order valence-electron chi connectivity index (χ4n) is 2.16. The van der Waals surface area contributed by atoms with E-state index in [9.17, 15) is 4.79 Å². The summed E-state index contributed by atoms with van der Waals surface area (Å²) in [5, 5.41) is 13.8. The lowest BCUT2D eigenvalue weighted by Crippen LogP contribution is -2.34. The van der Waals surface area contributed by atoms with Crippen LogP contribution in [0.1, 0.15) is 35.4 Å². The number of rotatable bonds is 2. The van der Waals surface area contributed by atoms with Gasteiger partial charge in [-0.25, -0.2) is 4.79 Å². The van der Waals surface area contributed by atoms with E-state index in [4.69, 9.17) is 0 Å². The monoisotopic (exact) mass is 224 g/mol. The summed E-state index contributed by atoms with van der Waals surface area (Å²) < 4.78 is 4.68. The first-order valence-corrected chi connectivity index (χ1v) is 5.43. The van der Waals surface area contributed by atoms with Crippen molar-refractivity contribution in [3.63, 3.8) is 0 Å². The largest absolute Gasteiger partial charge is 0.464 e. The zero-order valence-electron chi connectivity index (χ0n) is 9.49. The molecular weight excluding hydrogens is 208 g/mol. The number of methoxy groups -OCH3 is 1. The van der Waals surface area contributed by atoms with Crippen molar-refractivity contribution in [3.8, 4) is 0 Å². The molecule has 6 heteroatoms. The average molecular weight is 224 g/mol. The lowest BCUT2D eigenvalue weighted by Gasteiger charge is -2.28. The number of hydrogen-bond donors (Lipinski definition) is 2. The zero-order chi connectivity index (χ0) is 11.5. The average Bonchev–Trinajstić information content (AvgIpc) is 2.77. The van der Waals surface area contributed by atoms with E-state index in [0.29, 0.717) is 11.6 Å². The second-order valence-electron chi connectivity index (χ2n) is 4.13.